The van der Waals surface area contributed by atoms with Crippen LogP contribution >= 0.6 is 0 Å². The number of Topliss-reactive ketones (excluding diaryl/α,β-unsaturated/α-hetero) is 1. The molecule has 6 nitrogen and oxygen atoms in total. The molecule has 0 saturated heterocycles. The molecular weight excluding hydrogens is 214 g/mol. The van der Waals surface area contributed by atoms with Crippen LogP contribution < -0.4 is 0 Å². The molecule has 0 aromatic heterocycles. The van der Waals surface area contributed by atoms with Gasteiger partial charge >= 0.3 is 5.97 Å². The minimum absolute atomic E-state index is 0.0813. The summed E-state index contributed by atoms with van der Waals surface area (Å²) in [5.74, 6) is -2.29. The second-order valence-corrected chi connectivity index (χ2v) is 4.86. The molecular formula is C10H13NO5. The van der Waals surface area contributed by atoms with Crippen molar-refractivity contribution < 1.29 is 19.6 Å². The summed E-state index contributed by atoms with van der Waals surface area (Å²) >= 11 is 0. The highest BCUT2D eigenvalue weighted by atomic mass is 16.6. The number of nitrogens with zero attached hydrogens (tertiary/aromatic N) is 1. The Hall–Kier alpha value is -1.46. The van der Waals surface area contributed by atoms with E-state index in [-0.39, 0.29) is 31.1 Å². The summed E-state index contributed by atoms with van der Waals surface area (Å²) in [6.45, 7) is 1.49. The summed E-state index contributed by atoms with van der Waals surface area (Å²) in [6, 6.07) is 0. The minimum atomic E-state index is -1.00. The molecule has 1 spiro atoms. The molecule has 2 fully saturated rings. The lowest BCUT2D eigenvalue weighted by molar-refractivity contribution is -0.491. The van der Waals surface area contributed by atoms with Gasteiger partial charge in [0.05, 0.1) is 11.3 Å². The number of carboxylic acids is 1. The van der Waals surface area contributed by atoms with Crippen LogP contribution in [0.1, 0.15) is 19.8 Å². The number of hydrogen-bond acceptors (Lipinski definition) is 4. The lowest BCUT2D eigenvalue weighted by Gasteiger charge is -2.16. The van der Waals surface area contributed by atoms with Gasteiger partial charge in [0, 0.05) is 17.3 Å². The number of aliphatic carboxylic acids is 1. The lowest BCUT2D eigenvalue weighted by Crippen LogP contribution is -2.29. The summed E-state index contributed by atoms with van der Waals surface area (Å²) in [4.78, 5) is 32.8. The number of ketones is 1. The number of nitro groups is 1. The molecule has 0 radical (unpaired) electrons. The highest BCUT2D eigenvalue weighted by Gasteiger charge is 2.72. The van der Waals surface area contributed by atoms with Gasteiger partial charge in [0.25, 0.3) is 0 Å². The molecule has 0 aliphatic heterocycles. The van der Waals surface area contributed by atoms with Gasteiger partial charge in [-0.05, 0) is 12.3 Å². The molecule has 0 aromatic carbocycles. The van der Waals surface area contributed by atoms with Crippen molar-refractivity contribution in [3.8, 4) is 0 Å². The highest BCUT2D eigenvalue weighted by Crippen LogP contribution is 2.65. The van der Waals surface area contributed by atoms with Crippen LogP contribution in [0.15, 0.2) is 0 Å². The first-order chi connectivity index (χ1) is 7.39. The molecule has 4 atom stereocenters. The van der Waals surface area contributed by atoms with Crippen LogP contribution in [0, 0.1) is 33.3 Å². The molecule has 2 aliphatic carbocycles. The molecule has 2 saturated carbocycles. The predicted molar refractivity (Wildman–Crippen MR) is 52.3 cm³/mol. The van der Waals surface area contributed by atoms with E-state index in [1.54, 1.807) is 6.92 Å². The third kappa shape index (κ3) is 1.32. The van der Waals surface area contributed by atoms with Crippen molar-refractivity contribution in [2.45, 2.75) is 19.8 Å². The van der Waals surface area contributed by atoms with E-state index in [9.17, 15) is 19.7 Å². The molecule has 0 heterocycles. The van der Waals surface area contributed by atoms with E-state index in [1.165, 1.54) is 0 Å². The van der Waals surface area contributed by atoms with E-state index in [0.717, 1.165) is 0 Å². The van der Waals surface area contributed by atoms with Crippen molar-refractivity contribution in [3.63, 3.8) is 0 Å². The Morgan fingerprint density at radius 1 is 1.69 bits per heavy atom. The van der Waals surface area contributed by atoms with Crippen molar-refractivity contribution in [2.24, 2.45) is 23.2 Å². The van der Waals surface area contributed by atoms with Crippen molar-refractivity contribution in [3.05, 3.63) is 10.1 Å². The fourth-order valence-electron chi connectivity index (χ4n) is 3.15. The van der Waals surface area contributed by atoms with Crippen molar-refractivity contribution in [1.82, 2.24) is 0 Å². The Morgan fingerprint density at radius 2 is 2.31 bits per heavy atom. The molecule has 2 aliphatic rings. The van der Waals surface area contributed by atoms with E-state index in [0.29, 0.717) is 0 Å². The maximum absolute atomic E-state index is 11.8. The van der Waals surface area contributed by atoms with Crippen LogP contribution in [0.2, 0.25) is 0 Å². The van der Waals surface area contributed by atoms with Crippen LogP contribution in [0.25, 0.3) is 0 Å². The molecule has 6 heteroatoms. The molecule has 0 amide bonds. The lowest BCUT2D eigenvalue weighted by atomic mass is 9.85. The first-order valence-electron chi connectivity index (χ1n) is 5.27. The third-order valence-corrected chi connectivity index (χ3v) is 4.02. The standard InChI is InChI=1S/C10H13NO5/c1-5-2-8(12)10(3-6(10)9(13)14)7(5)4-11(15)16/h5-7H,2-4H2,1H3,(H,13,14)/t5-,6-,7+,10?/m0/s1. The van der Waals surface area contributed by atoms with Gasteiger partial charge in [0.2, 0.25) is 6.54 Å². The normalized spacial score (nSPS) is 41.3. The average Bonchev–Trinajstić information content (AvgIpc) is 2.84. The molecule has 0 aromatic rings. The monoisotopic (exact) mass is 227 g/mol. The van der Waals surface area contributed by atoms with Gasteiger partial charge in [-0.2, -0.15) is 0 Å². The predicted octanol–water partition coefficient (Wildman–Crippen LogP) is 0.579. The number of rotatable bonds is 3. The van der Waals surface area contributed by atoms with Gasteiger partial charge in [-0.1, -0.05) is 6.92 Å². The van der Waals surface area contributed by atoms with Crippen LogP contribution in [0.4, 0.5) is 0 Å². The zero-order valence-electron chi connectivity index (χ0n) is 8.88. The van der Waals surface area contributed by atoms with Gasteiger partial charge in [-0.15, -0.1) is 0 Å². The molecule has 16 heavy (non-hydrogen) atoms. The van der Waals surface area contributed by atoms with Crippen LogP contribution in [0.5, 0.6) is 0 Å². The number of carboxylic acid groups (broad SMARTS) is 1. The Bertz CT molecular complexity index is 379. The fraction of sp³-hybridized carbons (Fsp3) is 0.800. The second-order valence-electron chi connectivity index (χ2n) is 4.86. The van der Waals surface area contributed by atoms with E-state index >= 15 is 0 Å². The average molecular weight is 227 g/mol. The molecule has 2 rings (SSSR count). The van der Waals surface area contributed by atoms with Crippen molar-refractivity contribution in [2.75, 3.05) is 6.54 Å². The zero-order chi connectivity index (χ0) is 12.1. The molecule has 88 valence electrons. The quantitative estimate of drug-likeness (QED) is 0.561. The summed E-state index contributed by atoms with van der Waals surface area (Å²) < 4.78 is 0. The fourth-order valence-corrected chi connectivity index (χ4v) is 3.15. The van der Waals surface area contributed by atoms with E-state index in [2.05, 4.69) is 0 Å². The minimum Gasteiger partial charge on any atom is -0.481 e. The SMILES string of the molecule is C[C@H]1CC(=O)C2(C[C@H]2C(=O)O)[C@@H]1C[N+](=O)[O-]. The molecule has 0 bridgehead atoms. The maximum Gasteiger partial charge on any atom is 0.307 e. The Labute approximate surface area is 91.8 Å². The van der Waals surface area contributed by atoms with E-state index in [1.807, 2.05) is 0 Å². The largest absolute Gasteiger partial charge is 0.481 e. The molecule has 1 N–H and O–H groups in total. The van der Waals surface area contributed by atoms with Crippen LogP contribution in [-0.2, 0) is 9.59 Å². The second kappa shape index (κ2) is 3.26. The van der Waals surface area contributed by atoms with Gasteiger partial charge in [0.15, 0.2) is 0 Å². The summed E-state index contributed by atoms with van der Waals surface area (Å²) in [5.41, 5.74) is -0.918. The van der Waals surface area contributed by atoms with Gasteiger partial charge in [-0.25, -0.2) is 0 Å². The van der Waals surface area contributed by atoms with Gasteiger partial charge in [-0.3, -0.25) is 19.7 Å². The van der Waals surface area contributed by atoms with Gasteiger partial charge < -0.3 is 5.11 Å². The first kappa shape index (κ1) is 11.0. The Morgan fingerprint density at radius 3 is 2.75 bits per heavy atom. The van der Waals surface area contributed by atoms with Gasteiger partial charge in [0.1, 0.15) is 5.78 Å². The summed E-state index contributed by atoms with van der Waals surface area (Å²) in [6.07, 6.45) is 0.562. The highest BCUT2D eigenvalue weighted by molar-refractivity contribution is 5.97. The Balaban J connectivity index is 2.25. The molecule has 1 unspecified atom stereocenters. The van der Waals surface area contributed by atoms with Crippen molar-refractivity contribution >= 4 is 11.8 Å². The van der Waals surface area contributed by atoms with Crippen molar-refractivity contribution in [1.29, 1.82) is 0 Å². The van der Waals surface area contributed by atoms with E-state index < -0.39 is 28.1 Å². The smallest absolute Gasteiger partial charge is 0.307 e. The zero-order valence-corrected chi connectivity index (χ0v) is 8.88. The number of hydrogen-bond donors (Lipinski definition) is 1. The number of carbonyl (C=O) groups is 2. The number of carbonyl (C=O) groups excluding carboxylic acids is 1. The summed E-state index contributed by atoms with van der Waals surface area (Å²) in [7, 11) is 0. The third-order valence-electron chi connectivity index (χ3n) is 4.02. The van der Waals surface area contributed by atoms with Crippen LogP contribution in [-0.4, -0.2) is 28.3 Å². The first-order valence-corrected chi connectivity index (χ1v) is 5.27. The Kier molecular flexibility index (Phi) is 2.25. The maximum atomic E-state index is 11.8. The summed E-state index contributed by atoms with van der Waals surface area (Å²) in [5, 5.41) is 19.5. The topological polar surface area (TPSA) is 97.5 Å². The van der Waals surface area contributed by atoms with Crippen LogP contribution in [0.3, 0.4) is 0 Å². The van der Waals surface area contributed by atoms with E-state index in [4.69, 9.17) is 5.11 Å².